The number of hydrogen-bond donors (Lipinski definition) is 0. The molecule has 4 nitrogen and oxygen atoms in total. The maximum absolute atomic E-state index is 12.4. The minimum absolute atomic E-state index is 0.0617. The van der Waals surface area contributed by atoms with E-state index < -0.39 is 9.84 Å². The number of carbonyl (C=O) groups excluding carboxylic acids is 1. The van der Waals surface area contributed by atoms with Crippen molar-refractivity contribution in [2.24, 2.45) is 11.8 Å². The van der Waals surface area contributed by atoms with Crippen LogP contribution in [0.3, 0.4) is 0 Å². The topological polar surface area (TPSA) is 54.5 Å². The fraction of sp³-hybridized carbons (Fsp3) is 0.562. The third-order valence-electron chi connectivity index (χ3n) is 4.31. The molecule has 0 bridgehead atoms. The van der Waals surface area contributed by atoms with Crippen LogP contribution in [0.25, 0.3) is 0 Å². The molecule has 0 N–H and O–H groups in total. The molecule has 1 aliphatic heterocycles. The predicted octanol–water partition coefficient (Wildman–Crippen LogP) is 2.11. The highest BCUT2D eigenvalue weighted by Crippen LogP contribution is 2.33. The molecule has 2 aliphatic rings. The van der Waals surface area contributed by atoms with E-state index >= 15 is 0 Å². The summed E-state index contributed by atoms with van der Waals surface area (Å²) in [4.78, 5) is 14.4. The molecule has 21 heavy (non-hydrogen) atoms. The summed E-state index contributed by atoms with van der Waals surface area (Å²) in [5.41, 5.74) is 0. The van der Waals surface area contributed by atoms with E-state index in [1.807, 2.05) is 11.0 Å². The van der Waals surface area contributed by atoms with Gasteiger partial charge < -0.3 is 4.90 Å². The molecule has 1 heterocycles. The molecule has 1 unspecified atom stereocenters. The van der Waals surface area contributed by atoms with Gasteiger partial charge in [0.15, 0.2) is 9.84 Å². The molecule has 5 heteroatoms. The molecule has 0 spiro atoms. The molecule has 0 aromatic heterocycles. The van der Waals surface area contributed by atoms with E-state index in [-0.39, 0.29) is 23.5 Å². The largest absolute Gasteiger partial charge is 0.342 e. The Labute approximate surface area is 126 Å². The maximum Gasteiger partial charge on any atom is 0.225 e. The van der Waals surface area contributed by atoms with Crippen molar-refractivity contribution >= 4 is 15.7 Å². The summed E-state index contributed by atoms with van der Waals surface area (Å²) in [5, 5.41) is 0. The van der Waals surface area contributed by atoms with Gasteiger partial charge in [-0.3, -0.25) is 4.79 Å². The Morgan fingerprint density at radius 3 is 2.52 bits per heavy atom. The van der Waals surface area contributed by atoms with Crippen molar-refractivity contribution in [3.05, 3.63) is 30.3 Å². The summed E-state index contributed by atoms with van der Waals surface area (Å²) in [5.74, 6) is 0.656. The van der Waals surface area contributed by atoms with Crippen LogP contribution in [0.15, 0.2) is 35.2 Å². The first-order valence-electron chi connectivity index (χ1n) is 7.63. The van der Waals surface area contributed by atoms with Crippen molar-refractivity contribution in [1.82, 2.24) is 4.90 Å². The van der Waals surface area contributed by atoms with Gasteiger partial charge in [0, 0.05) is 19.0 Å². The van der Waals surface area contributed by atoms with Crippen molar-refractivity contribution in [2.75, 3.05) is 18.8 Å². The smallest absolute Gasteiger partial charge is 0.225 e. The van der Waals surface area contributed by atoms with Crippen LogP contribution in [0.5, 0.6) is 0 Å². The highest BCUT2D eigenvalue weighted by atomic mass is 32.2. The minimum Gasteiger partial charge on any atom is -0.342 e. The van der Waals surface area contributed by atoms with Gasteiger partial charge in [-0.25, -0.2) is 8.42 Å². The third kappa shape index (κ3) is 3.46. The van der Waals surface area contributed by atoms with Gasteiger partial charge in [0.05, 0.1) is 10.6 Å². The second kappa shape index (κ2) is 5.79. The second-order valence-corrected chi connectivity index (χ2v) is 8.20. The van der Waals surface area contributed by atoms with E-state index in [0.29, 0.717) is 11.4 Å². The van der Waals surface area contributed by atoms with Gasteiger partial charge in [0.1, 0.15) is 0 Å². The zero-order valence-corrected chi connectivity index (χ0v) is 12.9. The first-order chi connectivity index (χ1) is 10.1. The van der Waals surface area contributed by atoms with E-state index in [1.165, 1.54) is 0 Å². The van der Waals surface area contributed by atoms with Crippen molar-refractivity contribution in [1.29, 1.82) is 0 Å². The van der Waals surface area contributed by atoms with Crippen LogP contribution in [0.1, 0.15) is 25.7 Å². The molecular formula is C16H21NO3S. The Kier molecular flexibility index (Phi) is 4.02. The van der Waals surface area contributed by atoms with E-state index in [4.69, 9.17) is 0 Å². The summed E-state index contributed by atoms with van der Waals surface area (Å²) in [6.07, 6.45) is 3.80. The Bertz CT molecular complexity index is 608. The number of rotatable bonds is 4. The summed E-state index contributed by atoms with van der Waals surface area (Å²) in [6.45, 7) is 1.39. The Hall–Kier alpha value is -1.36. The summed E-state index contributed by atoms with van der Waals surface area (Å²) >= 11 is 0. The quantitative estimate of drug-likeness (QED) is 0.856. The fourth-order valence-electron chi connectivity index (χ4n) is 3.02. The molecule has 1 aromatic carbocycles. The van der Waals surface area contributed by atoms with Crippen LogP contribution in [0.4, 0.5) is 0 Å². The first kappa shape index (κ1) is 14.6. The lowest BCUT2D eigenvalue weighted by atomic mass is 10.00. The average Bonchev–Trinajstić information content (AvgIpc) is 3.32. The normalized spacial score (nSPS) is 23.0. The molecule has 1 aliphatic carbocycles. The maximum atomic E-state index is 12.4. The lowest BCUT2D eigenvalue weighted by Crippen LogP contribution is -2.42. The van der Waals surface area contributed by atoms with Gasteiger partial charge in [0.25, 0.3) is 0 Å². The van der Waals surface area contributed by atoms with Crippen molar-refractivity contribution in [3.8, 4) is 0 Å². The molecule has 0 radical (unpaired) electrons. The highest BCUT2D eigenvalue weighted by molar-refractivity contribution is 7.91. The van der Waals surface area contributed by atoms with Crippen LogP contribution in [-0.4, -0.2) is 38.1 Å². The van der Waals surface area contributed by atoms with E-state index in [9.17, 15) is 13.2 Å². The average molecular weight is 307 g/mol. The number of amides is 1. The predicted molar refractivity (Wildman–Crippen MR) is 80.5 cm³/mol. The number of carbonyl (C=O) groups is 1. The van der Waals surface area contributed by atoms with Crippen molar-refractivity contribution in [3.63, 3.8) is 0 Å². The standard InChI is InChI=1S/C16H21NO3S/c18-16(14-8-9-14)17-10-4-5-13(11-17)12-21(19,20)15-6-2-1-3-7-15/h1-3,6-7,13-14H,4-5,8-12H2. The van der Waals surface area contributed by atoms with Crippen LogP contribution in [0.2, 0.25) is 0 Å². The highest BCUT2D eigenvalue weighted by Gasteiger charge is 2.36. The molecule has 1 aromatic rings. The summed E-state index contributed by atoms with van der Waals surface area (Å²) in [6, 6.07) is 8.60. The fourth-order valence-corrected chi connectivity index (χ4v) is 4.68. The number of hydrogen-bond acceptors (Lipinski definition) is 3. The zero-order valence-electron chi connectivity index (χ0n) is 12.1. The van der Waals surface area contributed by atoms with Gasteiger partial charge >= 0.3 is 0 Å². The monoisotopic (exact) mass is 307 g/mol. The third-order valence-corrected chi connectivity index (χ3v) is 6.22. The molecule has 2 fully saturated rings. The Balaban J connectivity index is 1.65. The van der Waals surface area contributed by atoms with E-state index in [1.54, 1.807) is 24.3 Å². The van der Waals surface area contributed by atoms with E-state index in [0.717, 1.165) is 32.2 Å². The molecule has 114 valence electrons. The van der Waals surface area contributed by atoms with Gasteiger partial charge in [-0.05, 0) is 43.7 Å². The molecule has 3 rings (SSSR count). The van der Waals surface area contributed by atoms with E-state index in [2.05, 4.69) is 0 Å². The van der Waals surface area contributed by atoms with Crippen LogP contribution >= 0.6 is 0 Å². The van der Waals surface area contributed by atoms with Gasteiger partial charge in [-0.2, -0.15) is 0 Å². The number of likely N-dealkylation sites (tertiary alicyclic amines) is 1. The van der Waals surface area contributed by atoms with Crippen LogP contribution in [0, 0.1) is 11.8 Å². The first-order valence-corrected chi connectivity index (χ1v) is 9.28. The van der Waals surface area contributed by atoms with Crippen molar-refractivity contribution < 1.29 is 13.2 Å². The lowest BCUT2D eigenvalue weighted by Gasteiger charge is -2.32. The second-order valence-electron chi connectivity index (χ2n) is 6.16. The van der Waals surface area contributed by atoms with Gasteiger partial charge in [0.2, 0.25) is 5.91 Å². The van der Waals surface area contributed by atoms with Crippen LogP contribution < -0.4 is 0 Å². The number of nitrogens with zero attached hydrogens (tertiary/aromatic N) is 1. The molecule has 1 saturated heterocycles. The molecule has 1 atom stereocenters. The number of benzene rings is 1. The van der Waals surface area contributed by atoms with Crippen LogP contribution in [-0.2, 0) is 14.6 Å². The number of piperidine rings is 1. The van der Waals surface area contributed by atoms with Gasteiger partial charge in [-0.15, -0.1) is 0 Å². The zero-order chi connectivity index (χ0) is 14.9. The Morgan fingerprint density at radius 2 is 1.86 bits per heavy atom. The van der Waals surface area contributed by atoms with Gasteiger partial charge in [-0.1, -0.05) is 18.2 Å². The number of sulfone groups is 1. The summed E-state index contributed by atoms with van der Waals surface area (Å²) in [7, 11) is -3.25. The molecular weight excluding hydrogens is 286 g/mol. The lowest BCUT2D eigenvalue weighted by molar-refractivity contribution is -0.134. The Morgan fingerprint density at radius 1 is 1.14 bits per heavy atom. The van der Waals surface area contributed by atoms with Crippen molar-refractivity contribution in [2.45, 2.75) is 30.6 Å². The minimum atomic E-state index is -3.25. The molecule has 1 amide bonds. The SMILES string of the molecule is O=C(C1CC1)N1CCCC(CS(=O)(=O)c2ccccc2)C1. The summed E-state index contributed by atoms with van der Waals surface area (Å²) < 4.78 is 24.8. The molecule has 1 saturated carbocycles.